The van der Waals surface area contributed by atoms with Gasteiger partial charge in [0.25, 0.3) is 0 Å². The van der Waals surface area contributed by atoms with E-state index in [-0.39, 0.29) is 0 Å². The largest absolute Gasteiger partial charge is 0.313 e. The Morgan fingerprint density at radius 1 is 1.38 bits per heavy atom. The van der Waals surface area contributed by atoms with Gasteiger partial charge in [-0.2, -0.15) is 12.8 Å². The average Bonchev–Trinajstić information content (AvgIpc) is 2.45. The molecule has 2 aliphatic rings. The number of nitrogens with two attached hydrogens (primary N) is 1. The van der Waals surface area contributed by atoms with E-state index in [1.165, 1.54) is 6.20 Å². The fourth-order valence-electron chi connectivity index (χ4n) is 1.04. The lowest BCUT2D eigenvalue weighted by atomic mass is 10.3. The number of nitrogens with zero attached hydrogens (tertiary/aromatic N) is 2. The summed E-state index contributed by atoms with van der Waals surface area (Å²) in [6.45, 7) is 0. The first-order valence-corrected chi connectivity index (χ1v) is 5.02. The van der Waals surface area contributed by atoms with Crippen molar-refractivity contribution in [1.29, 1.82) is 0 Å². The molecule has 3 N–H and O–H groups in total. The van der Waals surface area contributed by atoms with Gasteiger partial charge >= 0.3 is 10.2 Å². The van der Waals surface area contributed by atoms with Crippen LogP contribution in [0.5, 0.6) is 0 Å². The van der Waals surface area contributed by atoms with Crippen LogP contribution in [0.1, 0.15) is 0 Å². The third-order valence-electron chi connectivity index (χ3n) is 1.62. The van der Waals surface area contributed by atoms with E-state index < -0.39 is 10.2 Å². The minimum atomic E-state index is -3.72. The first-order chi connectivity index (χ1) is 6.07. The van der Waals surface area contributed by atoms with Crippen LogP contribution in [0, 0.1) is 0 Å². The smallest absolute Gasteiger partial charge is 0.264 e. The zero-order chi connectivity index (χ0) is 9.47. The molecule has 2 heterocycles. The van der Waals surface area contributed by atoms with Gasteiger partial charge in [-0.15, -0.1) is 5.53 Å². The molecule has 0 atom stereocenters. The summed E-state index contributed by atoms with van der Waals surface area (Å²) in [5, 5.41) is 6.46. The molecule has 2 rings (SSSR count). The van der Waals surface area contributed by atoms with Crippen molar-refractivity contribution >= 4 is 10.2 Å². The summed E-state index contributed by atoms with van der Waals surface area (Å²) in [5.74, 6) is 0. The van der Waals surface area contributed by atoms with Crippen molar-refractivity contribution in [3.05, 3.63) is 36.3 Å². The molecule has 0 aliphatic carbocycles. The van der Waals surface area contributed by atoms with Crippen LogP contribution in [0.25, 0.3) is 0 Å². The molecule has 0 aromatic heterocycles. The summed E-state index contributed by atoms with van der Waals surface area (Å²) in [4.78, 5) is 0. The Hall–Kier alpha value is -1.31. The minimum absolute atomic E-state index is 0.719. The molecule has 0 amide bonds. The molecule has 0 radical (unpaired) electrons. The maximum Gasteiger partial charge on any atom is 0.313 e. The van der Waals surface area contributed by atoms with Gasteiger partial charge in [0, 0.05) is 6.20 Å². The second kappa shape index (κ2) is 2.59. The molecule has 13 heavy (non-hydrogen) atoms. The van der Waals surface area contributed by atoms with Crippen molar-refractivity contribution in [2.45, 2.75) is 0 Å². The van der Waals surface area contributed by atoms with E-state index >= 15 is 0 Å². The molecule has 70 valence electrons. The van der Waals surface area contributed by atoms with Gasteiger partial charge in [-0.1, -0.05) is 6.08 Å². The predicted molar refractivity (Wildman–Crippen MR) is 46.3 cm³/mol. The van der Waals surface area contributed by atoms with Crippen LogP contribution in [0.2, 0.25) is 0 Å². The molecule has 6 nitrogen and oxygen atoms in total. The summed E-state index contributed by atoms with van der Waals surface area (Å²) in [5.41, 5.74) is 3.27. The number of rotatable bonds is 1. The van der Waals surface area contributed by atoms with Gasteiger partial charge < -0.3 is 0 Å². The Balaban J connectivity index is 2.31. The predicted octanol–water partition coefficient (Wildman–Crippen LogP) is -0.848. The zero-order valence-corrected chi connectivity index (χ0v) is 7.40. The Morgan fingerprint density at radius 3 is 2.77 bits per heavy atom. The van der Waals surface area contributed by atoms with Gasteiger partial charge in [0.1, 0.15) is 0 Å². The van der Waals surface area contributed by atoms with Crippen LogP contribution in [0.3, 0.4) is 0 Å². The highest BCUT2D eigenvalue weighted by molar-refractivity contribution is 7.86. The van der Waals surface area contributed by atoms with Crippen molar-refractivity contribution in [2.24, 2.45) is 5.14 Å². The monoisotopic (exact) mass is 200 g/mol. The lowest BCUT2D eigenvalue weighted by Gasteiger charge is -2.19. The average molecular weight is 200 g/mol. The molecule has 0 unspecified atom stereocenters. The van der Waals surface area contributed by atoms with Crippen molar-refractivity contribution in [2.75, 3.05) is 0 Å². The highest BCUT2D eigenvalue weighted by Gasteiger charge is 2.24. The first-order valence-electron chi connectivity index (χ1n) is 3.52. The topological polar surface area (TPSA) is 78.7 Å². The lowest BCUT2D eigenvalue weighted by Crippen LogP contribution is -2.44. The van der Waals surface area contributed by atoms with Gasteiger partial charge in [0.2, 0.25) is 0 Å². The third-order valence-corrected chi connectivity index (χ3v) is 2.36. The molecule has 0 bridgehead atoms. The molecule has 0 saturated carbocycles. The normalized spacial score (nSPS) is 20.5. The summed E-state index contributed by atoms with van der Waals surface area (Å²) in [6.07, 6.45) is 8.43. The van der Waals surface area contributed by atoms with E-state index in [2.05, 4.69) is 5.53 Å². The number of fused-ring (bicyclic) bond motifs is 1. The number of hydrogen-bond donors (Lipinski definition) is 2. The van der Waals surface area contributed by atoms with Gasteiger partial charge in [0.05, 0.1) is 11.9 Å². The van der Waals surface area contributed by atoms with Crippen LogP contribution < -0.4 is 10.7 Å². The molecule has 0 spiro atoms. The SMILES string of the molecule is NS(=O)(=O)N1C=C2C=CC=CN2N1. The second-order valence-corrected chi connectivity index (χ2v) is 3.99. The van der Waals surface area contributed by atoms with Crippen LogP contribution in [-0.2, 0) is 10.2 Å². The van der Waals surface area contributed by atoms with E-state index in [1.54, 1.807) is 29.4 Å². The summed E-state index contributed by atoms with van der Waals surface area (Å²) in [6, 6.07) is 0. The highest BCUT2D eigenvalue weighted by Crippen LogP contribution is 2.17. The number of allylic oxidation sites excluding steroid dienone is 3. The lowest BCUT2D eigenvalue weighted by molar-refractivity contribution is 0.257. The van der Waals surface area contributed by atoms with Gasteiger partial charge in [-0.05, 0) is 12.2 Å². The number of hydrazine groups is 2. The number of nitrogens with one attached hydrogen (secondary N) is 1. The molecule has 0 aromatic rings. The van der Waals surface area contributed by atoms with Crippen LogP contribution in [0.4, 0.5) is 0 Å². The maximum atomic E-state index is 10.9. The van der Waals surface area contributed by atoms with Gasteiger partial charge in [-0.25, -0.2) is 5.14 Å². The quantitative estimate of drug-likeness (QED) is 0.578. The summed E-state index contributed by atoms with van der Waals surface area (Å²) < 4.78 is 22.6. The fraction of sp³-hybridized carbons (Fsp3) is 0. The van der Waals surface area contributed by atoms with Gasteiger partial charge in [-0.3, -0.25) is 5.01 Å². The molecule has 7 heteroatoms. The van der Waals surface area contributed by atoms with E-state index in [0.717, 1.165) is 10.1 Å². The van der Waals surface area contributed by atoms with E-state index in [9.17, 15) is 8.42 Å². The minimum Gasteiger partial charge on any atom is -0.264 e. The first kappa shape index (κ1) is 8.30. The van der Waals surface area contributed by atoms with Gasteiger partial charge in [0.15, 0.2) is 0 Å². The molecule has 2 aliphatic heterocycles. The second-order valence-electron chi connectivity index (χ2n) is 2.57. The Kier molecular flexibility index (Phi) is 1.65. The Bertz CT molecular complexity index is 408. The molecule has 0 fully saturated rings. The molecule has 0 aromatic carbocycles. The van der Waals surface area contributed by atoms with Crippen LogP contribution >= 0.6 is 0 Å². The van der Waals surface area contributed by atoms with Crippen molar-refractivity contribution < 1.29 is 8.42 Å². The zero-order valence-electron chi connectivity index (χ0n) is 6.58. The van der Waals surface area contributed by atoms with E-state index in [0.29, 0.717) is 0 Å². The summed E-state index contributed by atoms with van der Waals surface area (Å²) >= 11 is 0. The van der Waals surface area contributed by atoms with Crippen LogP contribution in [0.15, 0.2) is 36.3 Å². The third kappa shape index (κ3) is 1.44. The van der Waals surface area contributed by atoms with Crippen molar-refractivity contribution in [1.82, 2.24) is 15.0 Å². The number of hydrogen-bond acceptors (Lipinski definition) is 4. The molecular formula is C6H8N4O2S. The highest BCUT2D eigenvalue weighted by atomic mass is 32.2. The molecule has 0 saturated heterocycles. The Morgan fingerprint density at radius 2 is 2.15 bits per heavy atom. The van der Waals surface area contributed by atoms with Crippen LogP contribution in [-0.4, -0.2) is 17.8 Å². The van der Waals surface area contributed by atoms with E-state index in [4.69, 9.17) is 5.14 Å². The van der Waals surface area contributed by atoms with E-state index in [1.807, 2.05) is 0 Å². The summed E-state index contributed by atoms with van der Waals surface area (Å²) in [7, 11) is -3.72. The maximum absolute atomic E-state index is 10.9. The van der Waals surface area contributed by atoms with Crippen molar-refractivity contribution in [3.63, 3.8) is 0 Å². The fourth-order valence-corrected chi connectivity index (χ4v) is 1.49. The van der Waals surface area contributed by atoms with Crippen molar-refractivity contribution in [3.8, 4) is 0 Å². The molecular weight excluding hydrogens is 192 g/mol. The Labute approximate surface area is 75.7 Å². The standard InChI is InChI=1S/C6H8N4O2S/c7-13(11,12)10-5-6-3-1-2-4-9(6)8-10/h1-5,8H,(H2,7,11,12).